The number of benzene rings is 2. The summed E-state index contributed by atoms with van der Waals surface area (Å²) in [6, 6.07) is 8.68. The van der Waals surface area contributed by atoms with Gasteiger partial charge >= 0.3 is 0 Å². The van der Waals surface area contributed by atoms with Gasteiger partial charge in [-0.1, -0.05) is 17.7 Å². The molecule has 7 nitrogen and oxygen atoms in total. The van der Waals surface area contributed by atoms with Gasteiger partial charge in [0.15, 0.2) is 9.84 Å². The van der Waals surface area contributed by atoms with Gasteiger partial charge in [-0.15, -0.1) is 0 Å². The molecule has 0 aliphatic carbocycles. The van der Waals surface area contributed by atoms with Gasteiger partial charge in [0.2, 0.25) is 0 Å². The molecule has 2 aromatic rings. The molecule has 0 atom stereocenters. The largest absolute Gasteiger partial charge is 0.496 e. The predicted octanol–water partition coefficient (Wildman–Crippen LogP) is 2.14. The summed E-state index contributed by atoms with van der Waals surface area (Å²) in [5.74, 6) is -0.992. The number of hydrazine groups is 1. The average Bonchev–Trinajstić information content (AvgIpc) is 2.58. The van der Waals surface area contributed by atoms with Crippen LogP contribution in [0.3, 0.4) is 0 Å². The highest BCUT2D eigenvalue weighted by Gasteiger charge is 2.17. The fourth-order valence-corrected chi connectivity index (χ4v) is 3.00. The number of aryl methyl sites for hydroxylation is 1. The van der Waals surface area contributed by atoms with Crippen LogP contribution in [-0.4, -0.2) is 33.6 Å². The van der Waals surface area contributed by atoms with Crippen LogP contribution in [-0.2, 0) is 9.84 Å². The number of hydrogen-bond donors (Lipinski definition) is 2. The Bertz CT molecular complexity index is 973. The molecule has 2 amide bonds. The van der Waals surface area contributed by atoms with Crippen LogP contribution in [0, 0.1) is 6.92 Å². The number of nitrogens with one attached hydrogen (secondary N) is 2. The molecule has 2 N–H and O–H groups in total. The monoisotopic (exact) mass is 396 g/mol. The lowest BCUT2D eigenvalue weighted by Gasteiger charge is -2.12. The Labute approximate surface area is 156 Å². The highest BCUT2D eigenvalue weighted by molar-refractivity contribution is 7.90. The third-order valence-electron chi connectivity index (χ3n) is 3.58. The first kappa shape index (κ1) is 19.7. The fourth-order valence-electron chi connectivity index (χ4n) is 2.18. The molecule has 0 fully saturated rings. The van der Waals surface area contributed by atoms with Crippen molar-refractivity contribution in [1.29, 1.82) is 0 Å². The van der Waals surface area contributed by atoms with E-state index in [1.54, 1.807) is 13.0 Å². The number of sulfone groups is 1. The molecule has 0 unspecified atom stereocenters. The van der Waals surface area contributed by atoms with Gasteiger partial charge in [0, 0.05) is 16.8 Å². The molecule has 0 saturated carbocycles. The first-order chi connectivity index (χ1) is 12.1. The first-order valence-corrected chi connectivity index (χ1v) is 9.65. The minimum atomic E-state index is -3.46. The topological polar surface area (TPSA) is 102 Å². The summed E-state index contributed by atoms with van der Waals surface area (Å²) in [5, 5.41) is 0.332. The zero-order valence-electron chi connectivity index (χ0n) is 14.3. The molecule has 26 heavy (non-hydrogen) atoms. The van der Waals surface area contributed by atoms with Gasteiger partial charge < -0.3 is 4.74 Å². The lowest BCUT2D eigenvalue weighted by molar-refractivity contribution is 0.0844. The van der Waals surface area contributed by atoms with E-state index >= 15 is 0 Å². The summed E-state index contributed by atoms with van der Waals surface area (Å²) in [4.78, 5) is 24.6. The molecule has 0 bridgehead atoms. The number of hydrogen-bond acceptors (Lipinski definition) is 5. The number of carbonyl (C=O) groups is 2. The van der Waals surface area contributed by atoms with Crippen molar-refractivity contribution in [1.82, 2.24) is 10.9 Å². The van der Waals surface area contributed by atoms with E-state index in [1.807, 2.05) is 0 Å². The third-order valence-corrected chi connectivity index (χ3v) is 4.92. The molecule has 0 heterocycles. The summed E-state index contributed by atoms with van der Waals surface area (Å²) in [6.07, 6.45) is 1.05. The average molecular weight is 397 g/mol. The summed E-state index contributed by atoms with van der Waals surface area (Å²) < 4.78 is 28.4. The SMILES string of the molecule is COc1ccc(Cl)cc1C(=O)NNC(=O)c1cc(S(C)(=O)=O)ccc1C. The Hall–Kier alpha value is -2.58. The van der Waals surface area contributed by atoms with Crippen LogP contribution in [0.5, 0.6) is 5.75 Å². The van der Waals surface area contributed by atoms with E-state index in [4.69, 9.17) is 16.3 Å². The van der Waals surface area contributed by atoms with E-state index in [0.29, 0.717) is 10.6 Å². The zero-order chi connectivity index (χ0) is 19.5. The van der Waals surface area contributed by atoms with Crippen molar-refractivity contribution >= 4 is 33.3 Å². The first-order valence-electron chi connectivity index (χ1n) is 7.38. The van der Waals surface area contributed by atoms with Crippen LogP contribution < -0.4 is 15.6 Å². The number of ether oxygens (including phenoxy) is 1. The van der Waals surface area contributed by atoms with E-state index in [9.17, 15) is 18.0 Å². The van der Waals surface area contributed by atoms with Crippen LogP contribution >= 0.6 is 11.6 Å². The van der Waals surface area contributed by atoms with Gasteiger partial charge in [0.1, 0.15) is 5.75 Å². The number of methoxy groups -OCH3 is 1. The maximum atomic E-state index is 12.3. The molecule has 0 aliphatic heterocycles. The lowest BCUT2D eigenvalue weighted by atomic mass is 10.1. The second-order valence-corrected chi connectivity index (χ2v) is 7.95. The van der Waals surface area contributed by atoms with Gasteiger partial charge in [0.25, 0.3) is 11.8 Å². The van der Waals surface area contributed by atoms with Gasteiger partial charge in [-0.2, -0.15) is 0 Å². The lowest BCUT2D eigenvalue weighted by Crippen LogP contribution is -2.42. The maximum absolute atomic E-state index is 12.3. The van der Waals surface area contributed by atoms with Crippen molar-refractivity contribution < 1.29 is 22.7 Å². The highest BCUT2D eigenvalue weighted by Crippen LogP contribution is 2.22. The number of carbonyl (C=O) groups excluding carboxylic acids is 2. The van der Waals surface area contributed by atoms with Crippen molar-refractivity contribution in [2.24, 2.45) is 0 Å². The number of amides is 2. The Kier molecular flexibility index (Phi) is 5.89. The summed E-state index contributed by atoms with van der Waals surface area (Å²) in [5.41, 5.74) is 5.34. The van der Waals surface area contributed by atoms with Crippen molar-refractivity contribution in [3.05, 3.63) is 58.1 Å². The summed E-state index contributed by atoms with van der Waals surface area (Å²) in [7, 11) is -2.06. The molecule has 0 aromatic heterocycles. The van der Waals surface area contributed by atoms with Crippen LogP contribution in [0.1, 0.15) is 26.3 Å². The van der Waals surface area contributed by atoms with Crippen molar-refractivity contribution in [2.45, 2.75) is 11.8 Å². The molecular weight excluding hydrogens is 380 g/mol. The molecule has 0 radical (unpaired) electrons. The quantitative estimate of drug-likeness (QED) is 0.771. The molecule has 0 spiro atoms. The van der Waals surface area contributed by atoms with Crippen molar-refractivity contribution in [2.75, 3.05) is 13.4 Å². The second-order valence-electron chi connectivity index (χ2n) is 5.50. The minimum absolute atomic E-state index is 0.0103. The minimum Gasteiger partial charge on any atom is -0.496 e. The Balaban J connectivity index is 2.19. The van der Waals surface area contributed by atoms with Crippen LogP contribution in [0.2, 0.25) is 5.02 Å². The van der Waals surface area contributed by atoms with E-state index in [0.717, 1.165) is 6.26 Å². The smallest absolute Gasteiger partial charge is 0.273 e. The predicted molar refractivity (Wildman–Crippen MR) is 97.2 cm³/mol. The van der Waals surface area contributed by atoms with Crippen molar-refractivity contribution in [3.8, 4) is 5.75 Å². The maximum Gasteiger partial charge on any atom is 0.273 e. The molecular formula is C17H17ClN2O5S. The number of rotatable bonds is 4. The molecule has 138 valence electrons. The molecule has 2 rings (SSSR count). The van der Waals surface area contributed by atoms with Gasteiger partial charge in [0.05, 0.1) is 17.6 Å². The van der Waals surface area contributed by atoms with Gasteiger partial charge in [-0.3, -0.25) is 20.4 Å². The Morgan fingerprint density at radius 1 is 1.00 bits per heavy atom. The van der Waals surface area contributed by atoms with Crippen LogP contribution in [0.15, 0.2) is 41.3 Å². The Morgan fingerprint density at radius 2 is 1.62 bits per heavy atom. The highest BCUT2D eigenvalue weighted by atomic mass is 35.5. The fraction of sp³-hybridized carbons (Fsp3) is 0.176. The molecule has 0 aliphatic rings. The third kappa shape index (κ3) is 4.53. The van der Waals surface area contributed by atoms with Crippen molar-refractivity contribution in [3.63, 3.8) is 0 Å². The van der Waals surface area contributed by atoms with Crippen LogP contribution in [0.4, 0.5) is 0 Å². The van der Waals surface area contributed by atoms with Gasteiger partial charge in [-0.05, 0) is 42.8 Å². The molecule has 2 aromatic carbocycles. The normalized spacial score (nSPS) is 10.9. The second kappa shape index (κ2) is 7.76. The Morgan fingerprint density at radius 3 is 2.19 bits per heavy atom. The van der Waals surface area contributed by atoms with E-state index in [2.05, 4.69) is 10.9 Å². The summed E-state index contributed by atoms with van der Waals surface area (Å²) >= 11 is 5.88. The van der Waals surface area contributed by atoms with Gasteiger partial charge in [-0.25, -0.2) is 8.42 Å². The van der Waals surface area contributed by atoms with E-state index < -0.39 is 21.7 Å². The van der Waals surface area contributed by atoms with E-state index in [-0.39, 0.29) is 21.8 Å². The number of halogens is 1. The summed E-state index contributed by atoms with van der Waals surface area (Å²) in [6.45, 7) is 1.66. The van der Waals surface area contributed by atoms with E-state index in [1.165, 1.54) is 37.4 Å². The molecule has 0 saturated heterocycles. The van der Waals surface area contributed by atoms with Crippen LogP contribution in [0.25, 0.3) is 0 Å². The zero-order valence-corrected chi connectivity index (χ0v) is 15.9. The molecule has 9 heteroatoms. The standard InChI is InChI=1S/C17H17ClN2O5S/c1-10-4-6-12(26(3,23)24)9-13(10)16(21)19-20-17(22)14-8-11(18)5-7-15(14)25-2/h4-9H,1-3H3,(H,19,21)(H,20,22).